The minimum Gasteiger partial charge on any atom is -0.497 e. The Morgan fingerprint density at radius 2 is 1.78 bits per heavy atom. The van der Waals surface area contributed by atoms with Gasteiger partial charge in [0.25, 0.3) is 5.91 Å². The van der Waals surface area contributed by atoms with Crippen LogP contribution in [-0.2, 0) is 16.6 Å². The summed E-state index contributed by atoms with van der Waals surface area (Å²) >= 11 is 0. The molecule has 3 amide bonds. The number of aromatic nitrogens is 1. The van der Waals surface area contributed by atoms with Crippen molar-refractivity contribution in [1.29, 1.82) is 0 Å². The Morgan fingerprint density at radius 1 is 1.06 bits per heavy atom. The molecule has 166 valence electrons. The Bertz CT molecular complexity index is 1150. The Labute approximate surface area is 186 Å². The van der Waals surface area contributed by atoms with Crippen molar-refractivity contribution >= 4 is 34.3 Å². The van der Waals surface area contributed by atoms with Crippen LogP contribution >= 0.6 is 0 Å². The van der Waals surface area contributed by atoms with Crippen LogP contribution in [0.15, 0.2) is 54.7 Å². The minimum absolute atomic E-state index is 0.0837. The maximum absolute atomic E-state index is 12.6. The van der Waals surface area contributed by atoms with Crippen molar-refractivity contribution in [3.63, 3.8) is 0 Å². The van der Waals surface area contributed by atoms with Crippen LogP contribution in [-0.4, -0.2) is 49.0 Å². The van der Waals surface area contributed by atoms with Crippen LogP contribution in [0.2, 0.25) is 0 Å². The van der Waals surface area contributed by atoms with E-state index in [1.807, 2.05) is 35.9 Å². The van der Waals surface area contributed by atoms with Crippen molar-refractivity contribution < 1.29 is 19.1 Å². The molecule has 4 rings (SSSR count). The molecule has 0 aliphatic carbocycles. The van der Waals surface area contributed by atoms with Gasteiger partial charge in [-0.1, -0.05) is 18.2 Å². The molecule has 1 unspecified atom stereocenters. The fraction of sp³-hybridized carbons (Fsp3) is 0.292. The highest BCUT2D eigenvalue weighted by Gasteiger charge is 2.34. The summed E-state index contributed by atoms with van der Waals surface area (Å²) in [6.45, 7) is 0.929. The molecule has 1 atom stereocenters. The normalized spacial score (nSPS) is 15.8. The fourth-order valence-electron chi connectivity index (χ4n) is 4.02. The number of aryl methyl sites for hydroxylation is 1. The van der Waals surface area contributed by atoms with Crippen LogP contribution in [0.4, 0.5) is 5.69 Å². The summed E-state index contributed by atoms with van der Waals surface area (Å²) in [6.07, 6.45) is 1.97. The van der Waals surface area contributed by atoms with Gasteiger partial charge in [0.15, 0.2) is 0 Å². The molecule has 0 bridgehead atoms. The average Bonchev–Trinajstić information content (AvgIpc) is 3.37. The van der Waals surface area contributed by atoms with Crippen molar-refractivity contribution in [2.45, 2.75) is 6.42 Å². The van der Waals surface area contributed by atoms with E-state index in [0.29, 0.717) is 30.9 Å². The molecule has 2 N–H and O–H groups in total. The van der Waals surface area contributed by atoms with E-state index in [0.717, 1.165) is 16.6 Å². The number of nitrogens with one attached hydrogen (secondary N) is 2. The van der Waals surface area contributed by atoms with E-state index in [1.54, 1.807) is 42.5 Å². The number of methoxy groups -OCH3 is 1. The fourth-order valence-corrected chi connectivity index (χ4v) is 4.02. The number of amides is 3. The molecule has 0 radical (unpaired) electrons. The Kier molecular flexibility index (Phi) is 6.11. The topological polar surface area (TPSA) is 92.7 Å². The van der Waals surface area contributed by atoms with E-state index in [4.69, 9.17) is 4.74 Å². The third-order valence-corrected chi connectivity index (χ3v) is 5.73. The molecule has 8 nitrogen and oxygen atoms in total. The Balaban J connectivity index is 1.27. The average molecular weight is 434 g/mol. The van der Waals surface area contributed by atoms with Crippen LogP contribution < -0.4 is 20.3 Å². The van der Waals surface area contributed by atoms with Gasteiger partial charge >= 0.3 is 0 Å². The smallest absolute Gasteiger partial charge is 0.253 e. The zero-order chi connectivity index (χ0) is 22.7. The number of hydrogen-bond acceptors (Lipinski definition) is 4. The van der Waals surface area contributed by atoms with Gasteiger partial charge in [0.1, 0.15) is 5.75 Å². The standard InChI is InChI=1S/C24H26N4O4/c1-27-15-20(19-5-3-4-6-21(19)27)24(31)26-12-11-25-23(30)16-13-22(29)28(14-16)17-7-9-18(32-2)10-8-17/h3-10,15-16H,11-14H2,1-2H3,(H,25,30)(H,26,31). The number of benzene rings is 2. The van der Waals surface area contributed by atoms with Crippen LogP contribution in [0.3, 0.4) is 0 Å². The van der Waals surface area contributed by atoms with Crippen LogP contribution in [0, 0.1) is 5.92 Å². The predicted octanol–water partition coefficient (Wildman–Crippen LogP) is 2.09. The van der Waals surface area contributed by atoms with Crippen molar-refractivity contribution in [2.75, 3.05) is 31.6 Å². The van der Waals surface area contributed by atoms with Gasteiger partial charge in [-0.25, -0.2) is 0 Å². The number of rotatable bonds is 7. The summed E-state index contributed by atoms with van der Waals surface area (Å²) in [5, 5.41) is 6.56. The second kappa shape index (κ2) is 9.13. The maximum atomic E-state index is 12.6. The van der Waals surface area contributed by atoms with E-state index in [-0.39, 0.29) is 24.1 Å². The van der Waals surface area contributed by atoms with Crippen molar-refractivity contribution in [3.8, 4) is 5.75 Å². The number of ether oxygens (including phenoxy) is 1. The lowest BCUT2D eigenvalue weighted by atomic mass is 10.1. The number of hydrogen-bond donors (Lipinski definition) is 2. The number of fused-ring (bicyclic) bond motifs is 1. The van der Waals surface area contributed by atoms with Gasteiger partial charge in [-0.15, -0.1) is 0 Å². The quantitative estimate of drug-likeness (QED) is 0.557. The number of para-hydroxylation sites is 1. The molecule has 1 fully saturated rings. The molecule has 1 aliphatic heterocycles. The van der Waals surface area contributed by atoms with E-state index in [9.17, 15) is 14.4 Å². The van der Waals surface area contributed by atoms with Crippen LogP contribution in [0.25, 0.3) is 10.9 Å². The van der Waals surface area contributed by atoms with E-state index in [2.05, 4.69) is 10.6 Å². The third kappa shape index (κ3) is 4.30. The molecule has 2 heterocycles. The molecule has 0 saturated carbocycles. The van der Waals surface area contributed by atoms with Crippen LogP contribution in [0.1, 0.15) is 16.8 Å². The van der Waals surface area contributed by atoms with E-state index in [1.165, 1.54) is 0 Å². The summed E-state index contributed by atoms with van der Waals surface area (Å²) in [6, 6.07) is 14.9. The summed E-state index contributed by atoms with van der Waals surface area (Å²) < 4.78 is 7.06. The zero-order valence-electron chi connectivity index (χ0n) is 18.1. The molecule has 1 saturated heterocycles. The first-order chi connectivity index (χ1) is 15.5. The van der Waals surface area contributed by atoms with Crippen molar-refractivity contribution in [1.82, 2.24) is 15.2 Å². The predicted molar refractivity (Wildman–Crippen MR) is 122 cm³/mol. The first kappa shape index (κ1) is 21.4. The lowest BCUT2D eigenvalue weighted by molar-refractivity contribution is -0.126. The highest BCUT2D eigenvalue weighted by atomic mass is 16.5. The summed E-state index contributed by atoms with van der Waals surface area (Å²) in [5.74, 6) is -0.162. The molecular weight excluding hydrogens is 408 g/mol. The molecule has 1 aliphatic rings. The van der Waals surface area contributed by atoms with Gasteiger partial charge in [0.05, 0.1) is 18.6 Å². The molecule has 1 aromatic heterocycles. The van der Waals surface area contributed by atoms with Crippen LogP contribution in [0.5, 0.6) is 5.75 Å². The third-order valence-electron chi connectivity index (χ3n) is 5.73. The van der Waals surface area contributed by atoms with Gasteiger partial charge in [0, 0.05) is 55.9 Å². The van der Waals surface area contributed by atoms with Gasteiger partial charge in [-0.2, -0.15) is 0 Å². The number of anilines is 1. The number of carbonyl (C=O) groups is 3. The molecule has 0 spiro atoms. The Morgan fingerprint density at radius 3 is 2.53 bits per heavy atom. The molecule has 3 aromatic rings. The highest BCUT2D eigenvalue weighted by molar-refractivity contribution is 6.07. The summed E-state index contributed by atoms with van der Waals surface area (Å²) in [5.41, 5.74) is 2.33. The van der Waals surface area contributed by atoms with E-state index >= 15 is 0 Å². The maximum Gasteiger partial charge on any atom is 0.253 e. The first-order valence-electron chi connectivity index (χ1n) is 10.5. The first-order valence-corrected chi connectivity index (χ1v) is 10.5. The van der Waals surface area contributed by atoms with Gasteiger partial charge in [0.2, 0.25) is 11.8 Å². The second-order valence-electron chi connectivity index (χ2n) is 7.82. The lowest BCUT2D eigenvalue weighted by Gasteiger charge is -2.17. The van der Waals surface area contributed by atoms with Gasteiger partial charge < -0.3 is 24.8 Å². The second-order valence-corrected chi connectivity index (χ2v) is 7.82. The molecule has 8 heteroatoms. The number of carbonyl (C=O) groups excluding carboxylic acids is 3. The lowest BCUT2D eigenvalue weighted by Crippen LogP contribution is -2.38. The van der Waals surface area contributed by atoms with Crippen molar-refractivity contribution in [3.05, 3.63) is 60.3 Å². The Hall–Kier alpha value is -3.81. The van der Waals surface area contributed by atoms with Gasteiger partial charge in [-0.3, -0.25) is 14.4 Å². The van der Waals surface area contributed by atoms with Crippen molar-refractivity contribution in [2.24, 2.45) is 13.0 Å². The molecule has 32 heavy (non-hydrogen) atoms. The largest absolute Gasteiger partial charge is 0.497 e. The summed E-state index contributed by atoms with van der Waals surface area (Å²) in [7, 11) is 3.48. The minimum atomic E-state index is -0.418. The number of nitrogens with zero attached hydrogens (tertiary/aromatic N) is 2. The molecule has 2 aromatic carbocycles. The highest BCUT2D eigenvalue weighted by Crippen LogP contribution is 2.27. The summed E-state index contributed by atoms with van der Waals surface area (Å²) in [4.78, 5) is 39.1. The monoisotopic (exact) mass is 434 g/mol. The zero-order valence-corrected chi connectivity index (χ0v) is 18.1. The van der Waals surface area contributed by atoms with Gasteiger partial charge in [-0.05, 0) is 30.3 Å². The molecular formula is C24H26N4O4. The van der Waals surface area contributed by atoms with E-state index < -0.39 is 5.92 Å². The SMILES string of the molecule is COc1ccc(N2CC(C(=O)NCCNC(=O)c3cn(C)c4ccccc34)CC2=O)cc1.